The van der Waals surface area contributed by atoms with Crippen molar-refractivity contribution in [3.63, 3.8) is 0 Å². The monoisotopic (exact) mass is 895 g/mol. The Balaban J connectivity index is 2.53. The highest BCUT2D eigenvalue weighted by molar-refractivity contribution is 6.00. The Morgan fingerprint density at radius 1 is 0.828 bits per heavy atom. The zero-order chi connectivity index (χ0) is 48.4. The van der Waals surface area contributed by atoms with Crippen LogP contribution >= 0.6 is 0 Å². The summed E-state index contributed by atoms with van der Waals surface area (Å²) in [6.45, 7) is 15.0. The Labute approximate surface area is 374 Å². The van der Waals surface area contributed by atoms with E-state index in [-0.39, 0.29) is 24.4 Å². The number of nitrogens with zero attached hydrogens (tertiary/aromatic N) is 1. The predicted octanol–water partition coefficient (Wildman–Crippen LogP) is 1.34. The topological polar surface area (TPSA) is 279 Å². The smallest absolute Gasteiger partial charge is 0.326 e. The van der Waals surface area contributed by atoms with Gasteiger partial charge < -0.3 is 51.8 Å². The van der Waals surface area contributed by atoms with Gasteiger partial charge in [0.15, 0.2) is 0 Å². The van der Waals surface area contributed by atoms with Crippen molar-refractivity contribution in [1.82, 2.24) is 36.8 Å². The van der Waals surface area contributed by atoms with Gasteiger partial charge in [-0.2, -0.15) is 0 Å². The first-order valence-electron chi connectivity index (χ1n) is 21.1. The number of ether oxygens (including phenoxy) is 1. The quantitative estimate of drug-likeness (QED) is 0.116. The number of nitrogens with one attached hydrogen (secondary N) is 6. The number of rotatable bonds is 11. The normalized spacial score (nSPS) is 25.8. The van der Waals surface area contributed by atoms with Gasteiger partial charge in [0, 0.05) is 26.5 Å². The predicted molar refractivity (Wildman–Crippen MR) is 236 cm³/mol. The molecular weight excluding hydrogens is 831 g/mol. The number of methoxy groups -OCH3 is 1. The van der Waals surface area contributed by atoms with E-state index < -0.39 is 120 Å². The third-order valence-electron chi connectivity index (χ3n) is 10.7. The van der Waals surface area contributed by atoms with Gasteiger partial charge in [-0.15, -0.1) is 0 Å². The lowest BCUT2D eigenvalue weighted by Crippen LogP contribution is -2.56. The number of hydrogen-bond donors (Lipinski definition) is 8. The van der Waals surface area contributed by atoms with Crippen LogP contribution in [-0.2, 0) is 54.3 Å². The summed E-state index contributed by atoms with van der Waals surface area (Å²) in [5.74, 6) is -10.4. The fourth-order valence-electron chi connectivity index (χ4n) is 6.62. The summed E-state index contributed by atoms with van der Waals surface area (Å²) in [5, 5.41) is 34.6. The molecule has 7 amide bonds. The molecule has 0 bridgehead atoms. The Hall–Kier alpha value is -6.37. The van der Waals surface area contributed by atoms with Crippen molar-refractivity contribution in [1.29, 1.82) is 0 Å². The average Bonchev–Trinajstić information content (AvgIpc) is 3.23. The second-order valence-electron chi connectivity index (χ2n) is 16.5. The van der Waals surface area contributed by atoms with Crippen LogP contribution in [0.2, 0.25) is 0 Å². The molecule has 1 aromatic rings. The number of aliphatic carboxylic acids is 2. The molecule has 19 nitrogen and oxygen atoms in total. The largest absolute Gasteiger partial charge is 0.480 e. The number of allylic oxidation sites excluding steroid dienone is 2. The van der Waals surface area contributed by atoms with Gasteiger partial charge in [0.25, 0.3) is 5.91 Å². The first-order valence-corrected chi connectivity index (χ1v) is 21.1. The van der Waals surface area contributed by atoms with Crippen molar-refractivity contribution in [2.45, 2.75) is 123 Å². The lowest BCUT2D eigenvalue weighted by Gasteiger charge is -2.26. The number of carboxylic acid groups (broad SMARTS) is 2. The highest BCUT2D eigenvalue weighted by Crippen LogP contribution is 2.18. The number of likely N-dealkylation sites (N-methyl/N-ethyl adjacent to an activating group) is 1. The summed E-state index contributed by atoms with van der Waals surface area (Å²) in [6, 6.07) is 1.42. The van der Waals surface area contributed by atoms with Crippen molar-refractivity contribution in [2.24, 2.45) is 17.8 Å². The third kappa shape index (κ3) is 17.4. The van der Waals surface area contributed by atoms with E-state index in [0.717, 1.165) is 16.0 Å². The number of hydrogen-bond acceptors (Lipinski definition) is 10. The Kier molecular flexibility index (Phi) is 21.6. The molecule has 1 aliphatic rings. The molecule has 1 aromatic carbocycles. The van der Waals surface area contributed by atoms with E-state index >= 15 is 0 Å². The lowest BCUT2D eigenvalue weighted by molar-refractivity contribution is -0.144. The Morgan fingerprint density at radius 3 is 1.98 bits per heavy atom. The molecule has 19 heteroatoms. The minimum absolute atomic E-state index is 0.0386. The first-order chi connectivity index (χ1) is 29.9. The van der Waals surface area contributed by atoms with Crippen LogP contribution in [0.5, 0.6) is 0 Å². The molecule has 1 aliphatic heterocycles. The van der Waals surface area contributed by atoms with E-state index in [0.29, 0.717) is 6.42 Å². The van der Waals surface area contributed by atoms with E-state index in [4.69, 9.17) is 4.74 Å². The lowest BCUT2D eigenvalue weighted by atomic mass is 9.94. The number of carbonyl (C=O) groups excluding carboxylic acids is 7. The molecule has 64 heavy (non-hydrogen) atoms. The minimum atomic E-state index is -1.79. The molecule has 352 valence electrons. The van der Waals surface area contributed by atoms with E-state index in [1.807, 2.05) is 50.3 Å². The average molecular weight is 896 g/mol. The van der Waals surface area contributed by atoms with Crippen LogP contribution in [0.1, 0.15) is 79.7 Å². The summed E-state index contributed by atoms with van der Waals surface area (Å²) in [7, 11) is 2.84. The number of amides is 7. The summed E-state index contributed by atoms with van der Waals surface area (Å²) in [6.07, 6.45) is 3.98. The van der Waals surface area contributed by atoms with Crippen molar-refractivity contribution in [2.75, 3.05) is 14.2 Å². The summed E-state index contributed by atoms with van der Waals surface area (Å²) < 4.78 is 5.77. The van der Waals surface area contributed by atoms with Gasteiger partial charge in [-0.05, 0) is 51.5 Å². The maximum absolute atomic E-state index is 13.7. The van der Waals surface area contributed by atoms with Crippen LogP contribution in [-0.4, -0.2) is 125 Å². The van der Waals surface area contributed by atoms with Gasteiger partial charge >= 0.3 is 11.9 Å². The molecule has 0 radical (unpaired) electrons. The summed E-state index contributed by atoms with van der Waals surface area (Å²) >= 11 is 0. The van der Waals surface area contributed by atoms with Crippen LogP contribution in [0.4, 0.5) is 0 Å². The van der Waals surface area contributed by atoms with E-state index in [1.165, 1.54) is 33.9 Å². The fourth-order valence-corrected chi connectivity index (χ4v) is 6.62. The van der Waals surface area contributed by atoms with Gasteiger partial charge in [0.1, 0.15) is 35.9 Å². The zero-order valence-corrected chi connectivity index (χ0v) is 38.1. The maximum Gasteiger partial charge on any atom is 0.326 e. The second kappa shape index (κ2) is 25.7. The van der Waals surface area contributed by atoms with E-state index in [1.54, 1.807) is 27.0 Å². The molecule has 9 atom stereocenters. The third-order valence-corrected chi connectivity index (χ3v) is 10.7. The Bertz CT molecular complexity index is 1930. The molecule has 0 unspecified atom stereocenters. The van der Waals surface area contributed by atoms with Gasteiger partial charge in [0.05, 0.1) is 24.5 Å². The molecule has 1 heterocycles. The van der Waals surface area contributed by atoms with Crippen LogP contribution in [0.15, 0.2) is 66.4 Å². The van der Waals surface area contributed by atoms with Crippen molar-refractivity contribution in [3.05, 3.63) is 72.0 Å². The SMILES string of the molecule is C=C1C(=O)N[C@H](C)C(=O)N[C@@H](CC(C)C)C(=O)N[C@@H](C(=O)O)CC(=O)N[C@@H](C)C(=O)N[C@@H](/C=C/C(C)=C/[C@H](C)[C@H](Cc2ccccc2)OC)[C@H](C)C(=O)N[C@@H](C(=O)O)CCC(=O)N1C. The van der Waals surface area contributed by atoms with Crippen molar-refractivity contribution < 1.29 is 58.1 Å². The van der Waals surface area contributed by atoms with E-state index in [9.17, 15) is 53.4 Å². The molecule has 0 saturated carbocycles. The molecule has 1 fully saturated rings. The summed E-state index contributed by atoms with van der Waals surface area (Å²) in [4.78, 5) is 119. The number of carboxylic acids is 2. The molecule has 8 N–H and O–H groups in total. The molecule has 0 aromatic heterocycles. The van der Waals surface area contributed by atoms with Gasteiger partial charge in [-0.25, -0.2) is 9.59 Å². The molecule has 1 saturated heterocycles. The van der Waals surface area contributed by atoms with Crippen LogP contribution < -0.4 is 31.9 Å². The number of benzene rings is 1. The van der Waals surface area contributed by atoms with Crippen molar-refractivity contribution in [3.8, 4) is 0 Å². The summed E-state index contributed by atoms with van der Waals surface area (Å²) in [5.41, 5.74) is 1.42. The standard InChI is InChI=1S/C45H65N7O12/c1-24(2)20-34-43(59)51-35(45(62)63)23-37(53)46-28(6)40(56)48-32(17-16-25(3)21-26(4)36(64-10)22-31-14-12-11-13-15-31)27(5)39(55)49-33(44(60)61)18-19-38(54)52(9)30(8)42(58)47-29(7)41(57)50-34/h11-17,21,24,26-29,32-36H,8,18-20,22-23H2,1-7,9-10H3,(H,46,53)(H,47,58)(H,48,56)(H,49,55)(H,50,57)(H,51,59)(H,60,61)(H,62,63)/b17-16+,25-21+/t26-,27-,28-,29+,32-,33+,34-,35+,36-/m0/s1. The minimum Gasteiger partial charge on any atom is -0.480 e. The van der Waals surface area contributed by atoms with Gasteiger partial charge in [0.2, 0.25) is 35.4 Å². The van der Waals surface area contributed by atoms with Gasteiger partial charge in [-0.1, -0.05) is 88.4 Å². The van der Waals surface area contributed by atoms with Crippen LogP contribution in [0, 0.1) is 17.8 Å². The molecular formula is C45H65N7O12. The van der Waals surface area contributed by atoms with Gasteiger partial charge in [-0.3, -0.25) is 33.6 Å². The van der Waals surface area contributed by atoms with Crippen LogP contribution in [0.25, 0.3) is 0 Å². The highest BCUT2D eigenvalue weighted by atomic mass is 16.5. The maximum atomic E-state index is 13.7. The number of carbonyl (C=O) groups is 9. The zero-order valence-electron chi connectivity index (χ0n) is 38.1. The first kappa shape index (κ1) is 53.8. The van der Waals surface area contributed by atoms with Crippen LogP contribution in [0.3, 0.4) is 0 Å². The highest BCUT2D eigenvalue weighted by Gasteiger charge is 2.33. The fraction of sp³-hybridized carbons (Fsp3) is 0.533. The second-order valence-corrected chi connectivity index (χ2v) is 16.5. The van der Waals surface area contributed by atoms with Crippen molar-refractivity contribution >= 4 is 53.3 Å². The Morgan fingerprint density at radius 2 is 1.41 bits per heavy atom. The van der Waals surface area contributed by atoms with E-state index in [2.05, 4.69) is 38.5 Å². The molecule has 2 rings (SSSR count). The molecule has 0 aliphatic carbocycles. The molecule has 0 spiro atoms.